The third-order valence-corrected chi connectivity index (χ3v) is 7.07. The van der Waals surface area contributed by atoms with Gasteiger partial charge in [0.1, 0.15) is 5.69 Å². The van der Waals surface area contributed by atoms with Crippen molar-refractivity contribution >= 4 is 40.6 Å². The number of ether oxygens (including phenoxy) is 1. The van der Waals surface area contributed by atoms with Crippen LogP contribution in [0, 0.1) is 0 Å². The van der Waals surface area contributed by atoms with E-state index in [1.807, 2.05) is 28.9 Å². The van der Waals surface area contributed by atoms with Crippen LogP contribution in [0.2, 0.25) is 15.1 Å². The van der Waals surface area contributed by atoms with Gasteiger partial charge in [-0.3, -0.25) is 4.79 Å². The Labute approximate surface area is 202 Å². The molecule has 2 aliphatic rings. The van der Waals surface area contributed by atoms with E-state index < -0.39 is 0 Å². The molecule has 1 aliphatic heterocycles. The lowest BCUT2D eigenvalue weighted by Crippen LogP contribution is -2.11. The smallest absolute Gasteiger partial charge is 0.183 e. The molecule has 0 bridgehead atoms. The summed E-state index contributed by atoms with van der Waals surface area (Å²) < 4.78 is 7.52. The van der Waals surface area contributed by atoms with Gasteiger partial charge in [0.2, 0.25) is 0 Å². The number of nitrogens with zero attached hydrogens (tertiary/aromatic N) is 2. The monoisotopic (exact) mass is 488 g/mol. The molecule has 0 N–H and O–H groups in total. The molecule has 0 spiro atoms. The van der Waals surface area contributed by atoms with E-state index in [0.717, 1.165) is 67.5 Å². The molecule has 7 heteroatoms. The third-order valence-electron chi connectivity index (χ3n) is 6.30. The van der Waals surface area contributed by atoms with Gasteiger partial charge >= 0.3 is 0 Å². The van der Waals surface area contributed by atoms with Crippen LogP contribution in [-0.2, 0) is 17.6 Å². The first-order chi connectivity index (χ1) is 15.5. The number of halogens is 3. The van der Waals surface area contributed by atoms with Crippen LogP contribution in [-0.4, -0.2) is 28.3 Å². The standard InChI is InChI=1S/C25H23Cl3N2O2/c26-16-6-9-19-15(13-16)3-1-5-20-24(23(31)11-8-18-4-2-12-32-18)29-30(25(19)20)22-10-7-17(27)14-21(22)28/h6-7,9-10,13-14,18H,1-5,8,11-12H2. The van der Waals surface area contributed by atoms with E-state index in [2.05, 4.69) is 0 Å². The van der Waals surface area contributed by atoms with E-state index >= 15 is 0 Å². The van der Waals surface area contributed by atoms with E-state index in [9.17, 15) is 4.79 Å². The topological polar surface area (TPSA) is 44.1 Å². The summed E-state index contributed by atoms with van der Waals surface area (Å²) in [5.74, 6) is 0.0537. The summed E-state index contributed by atoms with van der Waals surface area (Å²) in [6, 6.07) is 11.2. The van der Waals surface area contributed by atoms with Gasteiger partial charge in [-0.2, -0.15) is 5.10 Å². The second-order valence-corrected chi connectivity index (χ2v) is 9.72. The van der Waals surface area contributed by atoms with Crippen molar-refractivity contribution in [3.8, 4) is 16.9 Å². The average molecular weight is 490 g/mol. The Hall–Kier alpha value is -1.85. The summed E-state index contributed by atoms with van der Waals surface area (Å²) in [5.41, 5.74) is 5.33. The molecule has 3 aromatic rings. The molecule has 0 saturated carbocycles. The molecular formula is C25H23Cl3N2O2. The van der Waals surface area contributed by atoms with Gasteiger partial charge in [-0.25, -0.2) is 4.68 Å². The van der Waals surface area contributed by atoms with Crippen molar-refractivity contribution < 1.29 is 9.53 Å². The zero-order valence-corrected chi connectivity index (χ0v) is 19.8. The Morgan fingerprint density at radius 1 is 1.06 bits per heavy atom. The largest absolute Gasteiger partial charge is 0.378 e. The second kappa shape index (κ2) is 9.18. The van der Waals surface area contributed by atoms with E-state index in [4.69, 9.17) is 44.6 Å². The van der Waals surface area contributed by atoms with Crippen LogP contribution < -0.4 is 0 Å². The summed E-state index contributed by atoms with van der Waals surface area (Å²) in [5, 5.41) is 6.57. The number of fused-ring (bicyclic) bond motifs is 3. The minimum atomic E-state index is 0.0537. The molecule has 1 atom stereocenters. The highest BCUT2D eigenvalue weighted by molar-refractivity contribution is 6.35. The Morgan fingerprint density at radius 3 is 2.66 bits per heavy atom. The number of hydrogen-bond acceptors (Lipinski definition) is 3. The Bertz CT molecular complexity index is 1180. The molecule has 1 saturated heterocycles. The van der Waals surface area contributed by atoms with Crippen molar-refractivity contribution in [2.45, 2.75) is 51.0 Å². The van der Waals surface area contributed by atoms with Crippen molar-refractivity contribution in [2.75, 3.05) is 6.61 Å². The lowest BCUT2D eigenvalue weighted by molar-refractivity contribution is 0.0855. The quantitative estimate of drug-likeness (QED) is 0.358. The number of benzene rings is 2. The third kappa shape index (κ3) is 4.22. The minimum Gasteiger partial charge on any atom is -0.378 e. The number of hydrogen-bond donors (Lipinski definition) is 0. The number of aryl methyl sites for hydroxylation is 1. The van der Waals surface area contributed by atoms with E-state index in [-0.39, 0.29) is 11.9 Å². The van der Waals surface area contributed by atoms with Gasteiger partial charge in [-0.05, 0) is 74.4 Å². The molecular weight excluding hydrogens is 467 g/mol. The lowest BCUT2D eigenvalue weighted by atomic mass is 9.99. The fourth-order valence-corrected chi connectivity index (χ4v) is 5.44. The van der Waals surface area contributed by atoms with Crippen LogP contribution in [0.4, 0.5) is 0 Å². The number of carbonyl (C=O) groups excluding carboxylic acids is 1. The summed E-state index contributed by atoms with van der Waals surface area (Å²) in [7, 11) is 0. The molecule has 1 fully saturated rings. The second-order valence-electron chi connectivity index (χ2n) is 8.44. The Morgan fingerprint density at radius 2 is 1.88 bits per heavy atom. The van der Waals surface area contributed by atoms with Gasteiger partial charge in [-0.1, -0.05) is 40.9 Å². The van der Waals surface area contributed by atoms with Gasteiger partial charge in [0, 0.05) is 34.2 Å². The normalized spacial score (nSPS) is 17.7. The average Bonchev–Trinajstić information content (AvgIpc) is 3.37. The molecule has 1 aliphatic carbocycles. The summed E-state index contributed by atoms with van der Waals surface area (Å²) in [6.45, 7) is 0.789. The van der Waals surface area contributed by atoms with E-state index in [1.165, 1.54) is 0 Å². The highest BCUT2D eigenvalue weighted by Crippen LogP contribution is 2.39. The number of carbonyl (C=O) groups is 1. The van der Waals surface area contributed by atoms with Crippen molar-refractivity contribution in [3.63, 3.8) is 0 Å². The molecule has 0 amide bonds. The Kier molecular flexibility index (Phi) is 6.31. The summed E-state index contributed by atoms with van der Waals surface area (Å²) in [4.78, 5) is 13.3. The van der Waals surface area contributed by atoms with Gasteiger partial charge in [0.15, 0.2) is 5.78 Å². The minimum absolute atomic E-state index is 0.0537. The number of ketones is 1. The maximum absolute atomic E-state index is 13.3. The van der Waals surface area contributed by atoms with Crippen LogP contribution >= 0.6 is 34.8 Å². The van der Waals surface area contributed by atoms with Crippen LogP contribution in [0.1, 0.15) is 53.7 Å². The fraction of sp³-hybridized carbons (Fsp3) is 0.360. The molecule has 4 nitrogen and oxygen atoms in total. The van der Waals surface area contributed by atoms with Crippen molar-refractivity contribution in [1.29, 1.82) is 0 Å². The number of aromatic nitrogens is 2. The zero-order chi connectivity index (χ0) is 22.2. The molecule has 2 aromatic carbocycles. The van der Waals surface area contributed by atoms with Crippen LogP contribution in [0.3, 0.4) is 0 Å². The van der Waals surface area contributed by atoms with Crippen LogP contribution in [0.15, 0.2) is 36.4 Å². The van der Waals surface area contributed by atoms with Gasteiger partial charge < -0.3 is 4.74 Å². The predicted octanol–water partition coefficient (Wildman–Crippen LogP) is 7.13. The van der Waals surface area contributed by atoms with Gasteiger partial charge in [0.25, 0.3) is 0 Å². The molecule has 32 heavy (non-hydrogen) atoms. The summed E-state index contributed by atoms with van der Waals surface area (Å²) >= 11 is 19.0. The highest BCUT2D eigenvalue weighted by Gasteiger charge is 2.29. The van der Waals surface area contributed by atoms with Crippen molar-refractivity contribution in [3.05, 3.63) is 68.3 Å². The molecule has 2 heterocycles. The zero-order valence-electron chi connectivity index (χ0n) is 17.5. The van der Waals surface area contributed by atoms with Crippen LogP contribution in [0.25, 0.3) is 16.9 Å². The maximum atomic E-state index is 13.3. The first-order valence-corrected chi connectivity index (χ1v) is 12.2. The van der Waals surface area contributed by atoms with Crippen LogP contribution in [0.5, 0.6) is 0 Å². The number of Topliss-reactive ketones (excluding diaryl/α,β-unsaturated/α-hetero) is 1. The van der Waals surface area contributed by atoms with Gasteiger partial charge in [0.05, 0.1) is 22.5 Å². The molecule has 1 aromatic heterocycles. The van der Waals surface area contributed by atoms with E-state index in [1.54, 1.807) is 12.1 Å². The summed E-state index contributed by atoms with van der Waals surface area (Å²) in [6.07, 6.45) is 6.01. The first-order valence-electron chi connectivity index (χ1n) is 11.0. The highest BCUT2D eigenvalue weighted by atomic mass is 35.5. The van der Waals surface area contributed by atoms with Crippen molar-refractivity contribution in [2.24, 2.45) is 0 Å². The molecule has 0 radical (unpaired) electrons. The number of rotatable bonds is 5. The Balaban J connectivity index is 1.63. The predicted molar refractivity (Wildman–Crippen MR) is 129 cm³/mol. The maximum Gasteiger partial charge on any atom is 0.183 e. The van der Waals surface area contributed by atoms with Gasteiger partial charge in [-0.15, -0.1) is 0 Å². The molecule has 5 rings (SSSR count). The fourth-order valence-electron chi connectivity index (χ4n) is 4.75. The first kappa shape index (κ1) is 22.0. The molecule has 1 unspecified atom stereocenters. The molecule has 166 valence electrons. The SMILES string of the molecule is O=C(CCC1CCCO1)c1nn(-c2ccc(Cl)cc2Cl)c2c1CCCc1cc(Cl)ccc1-2. The van der Waals surface area contributed by atoms with Crippen molar-refractivity contribution in [1.82, 2.24) is 9.78 Å². The lowest BCUT2D eigenvalue weighted by Gasteiger charge is -2.13. The van der Waals surface area contributed by atoms with E-state index in [0.29, 0.717) is 32.9 Å².